The highest BCUT2D eigenvalue weighted by atomic mass is 16.6. The first-order valence-corrected chi connectivity index (χ1v) is 8.89. The third-order valence-corrected chi connectivity index (χ3v) is 5.53. The number of benzene rings is 1. The van der Waals surface area contributed by atoms with Crippen molar-refractivity contribution in [2.45, 2.75) is 50.7 Å². The van der Waals surface area contributed by atoms with Gasteiger partial charge in [-0.15, -0.1) is 0 Å². The molecule has 2 fully saturated rings. The fourth-order valence-corrected chi connectivity index (χ4v) is 4.39. The number of methoxy groups -OCH3 is 1. The number of carbonyl (C=O) groups excluding carboxylic acids is 1. The zero-order chi connectivity index (χ0) is 17.2. The number of hydrogen-bond donors (Lipinski definition) is 1. The summed E-state index contributed by atoms with van der Waals surface area (Å²) in [5.74, 6) is 0.771. The van der Waals surface area contributed by atoms with Gasteiger partial charge >= 0.3 is 6.09 Å². The highest BCUT2D eigenvalue weighted by molar-refractivity contribution is 5.69. The predicted octanol–water partition coefficient (Wildman–Crippen LogP) is 3.52. The van der Waals surface area contributed by atoms with Crippen LogP contribution in [0.4, 0.5) is 4.79 Å². The Labute approximate surface area is 143 Å². The lowest BCUT2D eigenvalue weighted by Crippen LogP contribution is -2.56. The molecule has 5 nitrogen and oxygen atoms in total. The van der Waals surface area contributed by atoms with E-state index in [1.807, 2.05) is 31.2 Å². The van der Waals surface area contributed by atoms with E-state index in [4.69, 9.17) is 9.47 Å². The summed E-state index contributed by atoms with van der Waals surface area (Å²) in [5, 5.41) is 11.2. The average molecular weight is 333 g/mol. The summed E-state index contributed by atoms with van der Waals surface area (Å²) in [4.78, 5) is 14.3. The number of likely N-dealkylation sites (tertiary alicyclic amines) is 1. The summed E-state index contributed by atoms with van der Waals surface area (Å²) in [7, 11) is 1.64. The molecule has 0 radical (unpaired) electrons. The van der Waals surface area contributed by atoms with E-state index in [-0.39, 0.29) is 18.1 Å². The SMILES string of the molecule is CCOC(=O)N1CCC2(O)CCCCC2C1c1ccccc1OC. The van der Waals surface area contributed by atoms with Gasteiger partial charge in [0.05, 0.1) is 25.4 Å². The van der Waals surface area contributed by atoms with E-state index >= 15 is 0 Å². The average Bonchev–Trinajstić information content (AvgIpc) is 2.60. The normalized spacial score (nSPS) is 29.7. The zero-order valence-corrected chi connectivity index (χ0v) is 14.5. The molecule has 132 valence electrons. The van der Waals surface area contributed by atoms with E-state index in [0.29, 0.717) is 19.6 Å². The Morgan fingerprint density at radius 2 is 2.12 bits per heavy atom. The van der Waals surface area contributed by atoms with Gasteiger partial charge in [-0.25, -0.2) is 4.79 Å². The van der Waals surface area contributed by atoms with Crippen LogP contribution in [0.3, 0.4) is 0 Å². The fraction of sp³-hybridized carbons (Fsp3) is 0.632. The Hall–Kier alpha value is -1.75. The molecule has 24 heavy (non-hydrogen) atoms. The number of amides is 1. The van der Waals surface area contributed by atoms with Gasteiger partial charge < -0.3 is 19.5 Å². The number of fused-ring (bicyclic) bond motifs is 1. The molecule has 3 rings (SSSR count). The van der Waals surface area contributed by atoms with E-state index in [1.54, 1.807) is 12.0 Å². The third kappa shape index (κ3) is 2.97. The maximum atomic E-state index is 12.5. The van der Waals surface area contributed by atoms with Crippen molar-refractivity contribution < 1.29 is 19.4 Å². The Kier molecular flexibility index (Phi) is 4.99. The van der Waals surface area contributed by atoms with Crippen LogP contribution in [0.25, 0.3) is 0 Å². The maximum absolute atomic E-state index is 12.5. The van der Waals surface area contributed by atoms with Crippen LogP contribution < -0.4 is 4.74 Å². The van der Waals surface area contributed by atoms with Gasteiger partial charge in [-0.1, -0.05) is 31.0 Å². The monoisotopic (exact) mass is 333 g/mol. The number of piperidine rings is 1. The molecule has 0 spiro atoms. The van der Waals surface area contributed by atoms with Crippen molar-refractivity contribution in [1.29, 1.82) is 0 Å². The minimum Gasteiger partial charge on any atom is -0.496 e. The fourth-order valence-electron chi connectivity index (χ4n) is 4.39. The second-order valence-corrected chi connectivity index (χ2v) is 6.78. The molecule has 2 aliphatic rings. The number of ether oxygens (including phenoxy) is 2. The van der Waals surface area contributed by atoms with Crippen LogP contribution in [-0.2, 0) is 4.74 Å². The van der Waals surface area contributed by atoms with Gasteiger partial charge in [-0.05, 0) is 32.3 Å². The number of rotatable bonds is 3. The van der Waals surface area contributed by atoms with E-state index in [9.17, 15) is 9.90 Å². The molecular formula is C19H27NO4. The lowest BCUT2D eigenvalue weighted by atomic mass is 9.66. The maximum Gasteiger partial charge on any atom is 0.410 e. The second-order valence-electron chi connectivity index (χ2n) is 6.78. The highest BCUT2D eigenvalue weighted by Crippen LogP contribution is 2.50. The van der Waals surface area contributed by atoms with Gasteiger partial charge in [0.1, 0.15) is 5.75 Å². The Bertz CT molecular complexity index is 590. The lowest BCUT2D eigenvalue weighted by molar-refractivity contribution is -0.118. The first-order valence-electron chi connectivity index (χ1n) is 8.89. The van der Waals surface area contributed by atoms with Crippen LogP contribution in [0.5, 0.6) is 5.75 Å². The first-order chi connectivity index (χ1) is 11.6. The van der Waals surface area contributed by atoms with E-state index < -0.39 is 5.60 Å². The number of aliphatic hydroxyl groups is 1. The quantitative estimate of drug-likeness (QED) is 0.919. The largest absolute Gasteiger partial charge is 0.496 e. The van der Waals surface area contributed by atoms with E-state index in [2.05, 4.69) is 0 Å². The van der Waals surface area contributed by atoms with Crippen LogP contribution in [0.15, 0.2) is 24.3 Å². The molecule has 1 N–H and O–H groups in total. The molecule has 1 saturated carbocycles. The molecule has 1 heterocycles. The Morgan fingerprint density at radius 1 is 1.33 bits per heavy atom. The minimum absolute atomic E-state index is 0.0145. The molecule has 1 saturated heterocycles. The third-order valence-electron chi connectivity index (χ3n) is 5.53. The molecule has 1 aromatic carbocycles. The Balaban J connectivity index is 2.03. The molecule has 3 unspecified atom stereocenters. The van der Waals surface area contributed by atoms with Crippen molar-refractivity contribution in [3.8, 4) is 5.75 Å². The second kappa shape index (κ2) is 7.01. The van der Waals surface area contributed by atoms with Gasteiger partial charge in [-0.3, -0.25) is 0 Å². The summed E-state index contributed by atoms with van der Waals surface area (Å²) in [5.41, 5.74) is 0.255. The lowest BCUT2D eigenvalue weighted by Gasteiger charge is -2.52. The Morgan fingerprint density at radius 3 is 2.88 bits per heavy atom. The van der Waals surface area contributed by atoms with E-state index in [1.165, 1.54) is 0 Å². The standard InChI is InChI=1S/C19H27NO4/c1-3-24-18(21)20-13-12-19(22)11-7-6-9-15(19)17(20)14-8-4-5-10-16(14)23-2/h4-5,8,10,15,17,22H,3,6-7,9,11-13H2,1-2H3. The molecule has 3 atom stereocenters. The van der Waals surface area contributed by atoms with Gasteiger partial charge in [-0.2, -0.15) is 0 Å². The summed E-state index contributed by atoms with van der Waals surface area (Å²) < 4.78 is 10.8. The van der Waals surface area contributed by atoms with Crippen molar-refractivity contribution in [2.75, 3.05) is 20.3 Å². The molecule has 0 aromatic heterocycles. The topological polar surface area (TPSA) is 59.0 Å². The van der Waals surface area contributed by atoms with Crippen LogP contribution in [-0.4, -0.2) is 42.0 Å². The molecular weight excluding hydrogens is 306 g/mol. The van der Waals surface area contributed by atoms with Crippen molar-refractivity contribution >= 4 is 6.09 Å². The van der Waals surface area contributed by atoms with Crippen LogP contribution in [0.2, 0.25) is 0 Å². The van der Waals surface area contributed by atoms with Gasteiger partial charge in [0.15, 0.2) is 0 Å². The van der Waals surface area contributed by atoms with Crippen molar-refractivity contribution in [3.63, 3.8) is 0 Å². The van der Waals surface area contributed by atoms with Crippen LogP contribution in [0.1, 0.15) is 50.6 Å². The number of carbonyl (C=O) groups is 1. The summed E-state index contributed by atoms with van der Waals surface area (Å²) in [6, 6.07) is 7.58. The summed E-state index contributed by atoms with van der Waals surface area (Å²) in [6.45, 7) is 2.67. The van der Waals surface area contributed by atoms with Crippen LogP contribution in [0, 0.1) is 5.92 Å². The molecule has 1 aliphatic heterocycles. The predicted molar refractivity (Wildman–Crippen MR) is 91.0 cm³/mol. The molecule has 1 amide bonds. The summed E-state index contributed by atoms with van der Waals surface area (Å²) in [6.07, 6.45) is 4.15. The van der Waals surface area contributed by atoms with E-state index in [0.717, 1.165) is 37.0 Å². The minimum atomic E-state index is -0.702. The van der Waals surface area contributed by atoms with Crippen molar-refractivity contribution in [2.24, 2.45) is 5.92 Å². The number of hydrogen-bond acceptors (Lipinski definition) is 4. The highest BCUT2D eigenvalue weighted by Gasteiger charge is 2.51. The zero-order valence-electron chi connectivity index (χ0n) is 14.5. The smallest absolute Gasteiger partial charge is 0.410 e. The number of nitrogens with zero attached hydrogens (tertiary/aromatic N) is 1. The molecule has 0 bridgehead atoms. The van der Waals surface area contributed by atoms with Crippen LogP contribution >= 0.6 is 0 Å². The first kappa shape index (κ1) is 17.1. The van der Waals surface area contributed by atoms with Crippen molar-refractivity contribution in [3.05, 3.63) is 29.8 Å². The van der Waals surface area contributed by atoms with Gasteiger partial charge in [0.2, 0.25) is 0 Å². The van der Waals surface area contributed by atoms with Crippen molar-refractivity contribution in [1.82, 2.24) is 4.90 Å². The molecule has 5 heteroatoms. The molecule has 1 aliphatic carbocycles. The summed E-state index contributed by atoms with van der Waals surface area (Å²) >= 11 is 0. The number of para-hydroxylation sites is 1. The van der Waals surface area contributed by atoms with Gasteiger partial charge in [0, 0.05) is 18.0 Å². The van der Waals surface area contributed by atoms with Gasteiger partial charge in [0.25, 0.3) is 0 Å². The molecule has 1 aromatic rings.